The standard InChI is InChI=1S/C21H21N3O4/c1-26-17-9-5-8-16(18(17)27-2)19(25)22-21-24-23-20(28-21)15-11-10-13-6-3-4-7-14(13)12-15/h5,8-12H,3-4,6-7H2,1-2H3,(H,22,24,25). The van der Waals surface area contributed by atoms with Gasteiger partial charge in [-0.3, -0.25) is 10.1 Å². The van der Waals surface area contributed by atoms with Crippen LogP contribution in [-0.2, 0) is 12.8 Å². The van der Waals surface area contributed by atoms with E-state index in [4.69, 9.17) is 13.9 Å². The summed E-state index contributed by atoms with van der Waals surface area (Å²) in [7, 11) is 3.00. The topological polar surface area (TPSA) is 86.5 Å². The maximum Gasteiger partial charge on any atom is 0.322 e. The molecule has 0 bridgehead atoms. The van der Waals surface area contributed by atoms with E-state index >= 15 is 0 Å². The minimum absolute atomic E-state index is 0.0302. The number of fused-ring (bicyclic) bond motifs is 1. The first-order chi connectivity index (χ1) is 13.7. The van der Waals surface area contributed by atoms with Crippen LogP contribution in [0.15, 0.2) is 40.8 Å². The molecule has 0 saturated heterocycles. The molecule has 0 fully saturated rings. The Morgan fingerprint density at radius 3 is 2.64 bits per heavy atom. The molecule has 0 radical (unpaired) electrons. The van der Waals surface area contributed by atoms with Gasteiger partial charge in [0.05, 0.1) is 19.8 Å². The molecule has 28 heavy (non-hydrogen) atoms. The van der Waals surface area contributed by atoms with E-state index in [1.807, 2.05) is 6.07 Å². The van der Waals surface area contributed by atoms with Crippen LogP contribution in [0.25, 0.3) is 11.5 Å². The van der Waals surface area contributed by atoms with E-state index in [9.17, 15) is 4.79 Å². The number of para-hydroxylation sites is 1. The highest BCUT2D eigenvalue weighted by atomic mass is 16.5. The van der Waals surface area contributed by atoms with Crippen molar-refractivity contribution in [3.8, 4) is 23.0 Å². The number of hydrogen-bond donors (Lipinski definition) is 1. The third kappa shape index (κ3) is 3.43. The Morgan fingerprint density at radius 1 is 1.04 bits per heavy atom. The molecule has 4 rings (SSSR count). The normalized spacial score (nSPS) is 12.9. The number of nitrogens with zero attached hydrogens (tertiary/aromatic N) is 2. The number of aryl methyl sites for hydroxylation is 2. The van der Waals surface area contributed by atoms with Gasteiger partial charge in [-0.1, -0.05) is 17.2 Å². The van der Waals surface area contributed by atoms with Gasteiger partial charge in [0.2, 0.25) is 5.89 Å². The lowest BCUT2D eigenvalue weighted by atomic mass is 9.90. The summed E-state index contributed by atoms with van der Waals surface area (Å²) in [6.07, 6.45) is 4.61. The van der Waals surface area contributed by atoms with Crippen molar-refractivity contribution in [2.45, 2.75) is 25.7 Å². The molecule has 1 aliphatic rings. The third-order valence-electron chi connectivity index (χ3n) is 4.89. The smallest absolute Gasteiger partial charge is 0.322 e. The highest BCUT2D eigenvalue weighted by Gasteiger charge is 2.19. The van der Waals surface area contributed by atoms with Crippen molar-refractivity contribution in [1.29, 1.82) is 0 Å². The average Bonchev–Trinajstić information content (AvgIpc) is 3.21. The average molecular weight is 379 g/mol. The molecule has 1 amide bonds. The second-order valence-corrected chi connectivity index (χ2v) is 6.60. The maximum absolute atomic E-state index is 12.6. The number of carbonyl (C=O) groups is 1. The maximum atomic E-state index is 12.6. The molecule has 1 aliphatic carbocycles. The summed E-state index contributed by atoms with van der Waals surface area (Å²) < 4.78 is 16.2. The Balaban J connectivity index is 1.55. The van der Waals surface area contributed by atoms with Crippen LogP contribution in [-0.4, -0.2) is 30.3 Å². The van der Waals surface area contributed by atoms with E-state index in [1.165, 1.54) is 38.2 Å². The molecule has 0 spiro atoms. The van der Waals surface area contributed by atoms with Crippen molar-refractivity contribution < 1.29 is 18.7 Å². The predicted octanol–water partition coefficient (Wildman–Crippen LogP) is 3.88. The molecular formula is C21H21N3O4. The molecule has 0 atom stereocenters. The highest BCUT2D eigenvalue weighted by molar-refractivity contribution is 6.05. The van der Waals surface area contributed by atoms with Gasteiger partial charge in [-0.15, -0.1) is 5.10 Å². The van der Waals surface area contributed by atoms with Gasteiger partial charge in [0, 0.05) is 5.56 Å². The molecule has 1 heterocycles. The summed E-state index contributed by atoms with van der Waals surface area (Å²) in [6, 6.07) is 11.3. The van der Waals surface area contributed by atoms with E-state index in [0.717, 1.165) is 18.4 Å². The van der Waals surface area contributed by atoms with E-state index in [2.05, 4.69) is 27.6 Å². The molecule has 1 aromatic heterocycles. The first-order valence-electron chi connectivity index (χ1n) is 9.17. The van der Waals surface area contributed by atoms with E-state index in [0.29, 0.717) is 23.0 Å². The van der Waals surface area contributed by atoms with Crippen molar-refractivity contribution in [2.75, 3.05) is 19.5 Å². The number of methoxy groups -OCH3 is 2. The Bertz CT molecular complexity index is 1010. The lowest BCUT2D eigenvalue weighted by Crippen LogP contribution is -2.13. The number of benzene rings is 2. The summed E-state index contributed by atoms with van der Waals surface area (Å²) in [5, 5.41) is 10.6. The SMILES string of the molecule is COc1cccc(C(=O)Nc2nnc(-c3ccc4c(c3)CCCC4)o2)c1OC. The number of ether oxygens (including phenoxy) is 2. The van der Waals surface area contributed by atoms with Gasteiger partial charge in [0.25, 0.3) is 5.91 Å². The van der Waals surface area contributed by atoms with Crippen LogP contribution in [0.2, 0.25) is 0 Å². The fourth-order valence-electron chi connectivity index (χ4n) is 3.49. The molecule has 0 aliphatic heterocycles. The van der Waals surface area contributed by atoms with Crippen LogP contribution >= 0.6 is 0 Å². The van der Waals surface area contributed by atoms with Crippen molar-refractivity contribution in [3.05, 3.63) is 53.1 Å². The van der Waals surface area contributed by atoms with Gasteiger partial charge in [0.1, 0.15) is 0 Å². The molecule has 0 saturated carbocycles. The molecule has 0 unspecified atom stereocenters. The van der Waals surface area contributed by atoms with Crippen LogP contribution in [0.1, 0.15) is 34.3 Å². The minimum atomic E-state index is -0.420. The largest absolute Gasteiger partial charge is 0.493 e. The number of aromatic nitrogens is 2. The minimum Gasteiger partial charge on any atom is -0.493 e. The number of carbonyl (C=O) groups excluding carboxylic acids is 1. The first-order valence-corrected chi connectivity index (χ1v) is 9.17. The quantitative estimate of drug-likeness (QED) is 0.724. The van der Waals surface area contributed by atoms with Gasteiger partial charge >= 0.3 is 6.01 Å². The first kappa shape index (κ1) is 18.0. The fraction of sp³-hybridized carbons (Fsp3) is 0.286. The van der Waals surface area contributed by atoms with Crippen molar-refractivity contribution in [1.82, 2.24) is 10.2 Å². The van der Waals surface area contributed by atoms with Crippen molar-refractivity contribution in [3.63, 3.8) is 0 Å². The molecular weight excluding hydrogens is 358 g/mol. The van der Waals surface area contributed by atoms with Gasteiger partial charge in [-0.05, 0) is 61.1 Å². The Labute approximate surface area is 162 Å². The van der Waals surface area contributed by atoms with Gasteiger partial charge in [-0.25, -0.2) is 0 Å². The lowest BCUT2D eigenvalue weighted by Gasteiger charge is -2.15. The summed E-state index contributed by atoms with van der Waals surface area (Å²) in [4.78, 5) is 12.6. The zero-order valence-corrected chi connectivity index (χ0v) is 15.8. The van der Waals surface area contributed by atoms with E-state index in [1.54, 1.807) is 18.2 Å². The molecule has 144 valence electrons. The number of anilines is 1. The summed E-state index contributed by atoms with van der Waals surface area (Å²) >= 11 is 0. The second-order valence-electron chi connectivity index (χ2n) is 6.60. The number of nitrogens with one attached hydrogen (secondary N) is 1. The Morgan fingerprint density at radius 2 is 1.86 bits per heavy atom. The fourth-order valence-corrected chi connectivity index (χ4v) is 3.49. The van der Waals surface area contributed by atoms with Crippen LogP contribution in [0, 0.1) is 0 Å². The zero-order chi connectivity index (χ0) is 19.5. The number of rotatable bonds is 5. The molecule has 7 heteroatoms. The van der Waals surface area contributed by atoms with Crippen molar-refractivity contribution in [2.24, 2.45) is 0 Å². The van der Waals surface area contributed by atoms with Crippen molar-refractivity contribution >= 4 is 11.9 Å². The van der Waals surface area contributed by atoms with Gasteiger partial charge < -0.3 is 13.9 Å². The molecule has 2 aromatic carbocycles. The van der Waals surface area contributed by atoms with Crippen LogP contribution < -0.4 is 14.8 Å². The van der Waals surface area contributed by atoms with E-state index in [-0.39, 0.29) is 6.01 Å². The van der Waals surface area contributed by atoms with Gasteiger partial charge in [0.15, 0.2) is 11.5 Å². The monoisotopic (exact) mass is 379 g/mol. The summed E-state index contributed by atoms with van der Waals surface area (Å²) in [6.45, 7) is 0. The highest BCUT2D eigenvalue weighted by Crippen LogP contribution is 2.31. The van der Waals surface area contributed by atoms with Crippen LogP contribution in [0.4, 0.5) is 6.01 Å². The number of amides is 1. The predicted molar refractivity (Wildman–Crippen MR) is 104 cm³/mol. The van der Waals surface area contributed by atoms with E-state index < -0.39 is 5.91 Å². The third-order valence-corrected chi connectivity index (χ3v) is 4.89. The summed E-state index contributed by atoms with van der Waals surface area (Å²) in [5.41, 5.74) is 3.88. The van der Waals surface area contributed by atoms with Gasteiger partial charge in [-0.2, -0.15) is 0 Å². The van der Waals surface area contributed by atoms with Crippen LogP contribution in [0.3, 0.4) is 0 Å². The molecule has 1 N–H and O–H groups in total. The Hall–Kier alpha value is -3.35. The van der Waals surface area contributed by atoms with Crippen LogP contribution in [0.5, 0.6) is 11.5 Å². The molecule has 3 aromatic rings. The Kier molecular flexibility index (Phi) is 4.97. The lowest BCUT2D eigenvalue weighted by molar-refractivity contribution is 0.102. The summed E-state index contributed by atoms with van der Waals surface area (Å²) in [5.74, 6) is 0.769. The second kappa shape index (κ2) is 7.72. The number of hydrogen-bond acceptors (Lipinski definition) is 6. The molecule has 7 nitrogen and oxygen atoms in total. The zero-order valence-electron chi connectivity index (χ0n) is 15.8.